The number of carbonyl (C=O) groups is 2. The van der Waals surface area contributed by atoms with Gasteiger partial charge in [-0.1, -0.05) is 13.3 Å². The Morgan fingerprint density at radius 1 is 1.37 bits per heavy atom. The number of aromatic hydroxyl groups is 1. The number of amides is 2. The van der Waals surface area contributed by atoms with E-state index in [2.05, 4.69) is 0 Å². The van der Waals surface area contributed by atoms with Crippen LogP contribution in [0.25, 0.3) is 0 Å². The number of carbonyl (C=O) groups excluding carboxylic acids is 2. The van der Waals surface area contributed by atoms with E-state index < -0.39 is 5.91 Å². The number of nitrogens with zero attached hydrogens (tertiary/aromatic N) is 1. The molecular formula is C14H20N2O3. The highest BCUT2D eigenvalue weighted by atomic mass is 16.3. The molecule has 5 heteroatoms. The van der Waals surface area contributed by atoms with Crippen molar-refractivity contribution in [1.29, 1.82) is 0 Å². The molecule has 0 spiro atoms. The topological polar surface area (TPSA) is 83.6 Å². The first-order chi connectivity index (χ1) is 8.95. The van der Waals surface area contributed by atoms with Crippen molar-refractivity contribution in [1.82, 2.24) is 4.90 Å². The van der Waals surface area contributed by atoms with Gasteiger partial charge < -0.3 is 15.7 Å². The van der Waals surface area contributed by atoms with Gasteiger partial charge in [-0.05, 0) is 37.1 Å². The number of hydrogen-bond acceptors (Lipinski definition) is 3. The van der Waals surface area contributed by atoms with Crippen LogP contribution >= 0.6 is 0 Å². The maximum absolute atomic E-state index is 12.3. The average Bonchev–Trinajstić information content (AvgIpc) is 2.36. The zero-order valence-electron chi connectivity index (χ0n) is 11.3. The Balaban J connectivity index is 2.90. The molecule has 19 heavy (non-hydrogen) atoms. The van der Waals surface area contributed by atoms with Gasteiger partial charge in [-0.2, -0.15) is 0 Å². The van der Waals surface area contributed by atoms with Crippen LogP contribution < -0.4 is 5.73 Å². The second-order valence-electron chi connectivity index (χ2n) is 4.55. The van der Waals surface area contributed by atoms with Gasteiger partial charge in [0.05, 0.1) is 6.54 Å². The van der Waals surface area contributed by atoms with Crippen LogP contribution in [0.2, 0.25) is 0 Å². The van der Waals surface area contributed by atoms with Crippen molar-refractivity contribution in [2.45, 2.75) is 26.7 Å². The summed E-state index contributed by atoms with van der Waals surface area (Å²) in [5.41, 5.74) is 6.24. The number of unbranched alkanes of at least 4 members (excludes halogenated alkanes) is 1. The summed E-state index contributed by atoms with van der Waals surface area (Å²) in [7, 11) is 0. The number of primary amides is 1. The molecule has 1 aromatic rings. The van der Waals surface area contributed by atoms with Crippen molar-refractivity contribution in [2.24, 2.45) is 5.73 Å². The molecule has 0 aliphatic carbocycles. The van der Waals surface area contributed by atoms with E-state index in [1.807, 2.05) is 6.92 Å². The lowest BCUT2D eigenvalue weighted by molar-refractivity contribution is -0.118. The van der Waals surface area contributed by atoms with Gasteiger partial charge in [0.25, 0.3) is 5.91 Å². The Hall–Kier alpha value is -2.04. The highest BCUT2D eigenvalue weighted by molar-refractivity contribution is 5.96. The second kappa shape index (κ2) is 6.78. The van der Waals surface area contributed by atoms with Gasteiger partial charge in [-0.3, -0.25) is 9.59 Å². The fourth-order valence-corrected chi connectivity index (χ4v) is 1.76. The standard InChI is InChI=1S/C14H20N2O3/c1-3-4-7-16(9-13(15)18)14(19)11-5-6-12(17)10(2)8-11/h5-6,8,17H,3-4,7,9H2,1-2H3,(H2,15,18). The third kappa shape index (κ3) is 4.28. The molecule has 0 heterocycles. The summed E-state index contributed by atoms with van der Waals surface area (Å²) in [5.74, 6) is -0.623. The van der Waals surface area contributed by atoms with Crippen molar-refractivity contribution < 1.29 is 14.7 Å². The summed E-state index contributed by atoms with van der Waals surface area (Å²) in [6.45, 7) is 4.14. The number of rotatable bonds is 6. The molecule has 0 bridgehead atoms. The summed E-state index contributed by atoms with van der Waals surface area (Å²) in [4.78, 5) is 24.7. The Morgan fingerprint density at radius 2 is 2.05 bits per heavy atom. The molecule has 0 aliphatic rings. The molecule has 0 fully saturated rings. The number of benzene rings is 1. The van der Waals surface area contributed by atoms with Crippen LogP contribution in [0, 0.1) is 6.92 Å². The monoisotopic (exact) mass is 264 g/mol. The Labute approximate surface area is 113 Å². The van der Waals surface area contributed by atoms with Crippen molar-refractivity contribution in [3.05, 3.63) is 29.3 Å². The van der Waals surface area contributed by atoms with Crippen molar-refractivity contribution in [3.63, 3.8) is 0 Å². The first-order valence-corrected chi connectivity index (χ1v) is 6.33. The van der Waals surface area contributed by atoms with Crippen LogP contribution in [0.15, 0.2) is 18.2 Å². The van der Waals surface area contributed by atoms with E-state index >= 15 is 0 Å². The van der Waals surface area contributed by atoms with Gasteiger partial charge in [0, 0.05) is 12.1 Å². The van der Waals surface area contributed by atoms with E-state index in [4.69, 9.17) is 5.73 Å². The third-order valence-corrected chi connectivity index (χ3v) is 2.86. The first kappa shape index (κ1) is 15.0. The number of phenols is 1. The quantitative estimate of drug-likeness (QED) is 0.815. The summed E-state index contributed by atoms with van der Waals surface area (Å²) in [6.07, 6.45) is 1.74. The van der Waals surface area contributed by atoms with Crippen LogP contribution in [0.5, 0.6) is 5.75 Å². The molecule has 3 N–H and O–H groups in total. The van der Waals surface area contributed by atoms with Gasteiger partial charge in [0.15, 0.2) is 0 Å². The van der Waals surface area contributed by atoms with E-state index in [1.165, 1.54) is 11.0 Å². The number of phenolic OH excluding ortho intramolecular Hbond substituents is 1. The van der Waals surface area contributed by atoms with E-state index in [0.717, 1.165) is 12.8 Å². The SMILES string of the molecule is CCCCN(CC(N)=O)C(=O)c1ccc(O)c(C)c1. The Morgan fingerprint density at radius 3 is 2.58 bits per heavy atom. The molecule has 104 valence electrons. The summed E-state index contributed by atoms with van der Waals surface area (Å²) in [6, 6.07) is 4.63. The van der Waals surface area contributed by atoms with Crippen LogP contribution in [0.3, 0.4) is 0 Å². The van der Waals surface area contributed by atoms with E-state index in [9.17, 15) is 14.7 Å². The number of nitrogens with two attached hydrogens (primary N) is 1. The molecule has 0 saturated heterocycles. The molecule has 0 saturated carbocycles. The average molecular weight is 264 g/mol. The first-order valence-electron chi connectivity index (χ1n) is 6.33. The molecule has 1 rings (SSSR count). The van der Waals surface area contributed by atoms with Crippen LogP contribution in [0.4, 0.5) is 0 Å². The maximum Gasteiger partial charge on any atom is 0.254 e. The molecule has 0 aromatic heterocycles. The zero-order valence-corrected chi connectivity index (χ0v) is 11.3. The van der Waals surface area contributed by atoms with E-state index in [-0.39, 0.29) is 18.2 Å². The van der Waals surface area contributed by atoms with Gasteiger partial charge >= 0.3 is 0 Å². The molecular weight excluding hydrogens is 244 g/mol. The Kier molecular flexibility index (Phi) is 5.36. The number of aryl methyl sites for hydroxylation is 1. The normalized spacial score (nSPS) is 10.2. The summed E-state index contributed by atoms with van der Waals surface area (Å²) >= 11 is 0. The highest BCUT2D eigenvalue weighted by Crippen LogP contribution is 2.18. The predicted octanol–water partition coefficient (Wildman–Crippen LogP) is 1.43. The molecule has 2 amide bonds. The molecule has 1 aromatic carbocycles. The fourth-order valence-electron chi connectivity index (χ4n) is 1.76. The lowest BCUT2D eigenvalue weighted by atomic mass is 10.1. The second-order valence-corrected chi connectivity index (χ2v) is 4.55. The smallest absolute Gasteiger partial charge is 0.254 e. The highest BCUT2D eigenvalue weighted by Gasteiger charge is 2.17. The molecule has 5 nitrogen and oxygen atoms in total. The molecule has 0 radical (unpaired) electrons. The van der Waals surface area contributed by atoms with Gasteiger partial charge in [0.2, 0.25) is 5.91 Å². The Bertz CT molecular complexity index is 472. The maximum atomic E-state index is 12.3. The molecule has 0 atom stereocenters. The van der Waals surface area contributed by atoms with E-state index in [0.29, 0.717) is 17.7 Å². The minimum atomic E-state index is -0.528. The zero-order chi connectivity index (χ0) is 14.4. The lowest BCUT2D eigenvalue weighted by Crippen LogP contribution is -2.39. The summed E-state index contributed by atoms with van der Waals surface area (Å²) < 4.78 is 0. The summed E-state index contributed by atoms with van der Waals surface area (Å²) in [5, 5.41) is 9.45. The third-order valence-electron chi connectivity index (χ3n) is 2.86. The van der Waals surface area contributed by atoms with Gasteiger partial charge in [-0.15, -0.1) is 0 Å². The molecule has 0 unspecified atom stereocenters. The lowest BCUT2D eigenvalue weighted by Gasteiger charge is -2.21. The van der Waals surface area contributed by atoms with Crippen molar-refractivity contribution in [2.75, 3.05) is 13.1 Å². The minimum Gasteiger partial charge on any atom is -0.508 e. The molecule has 0 aliphatic heterocycles. The van der Waals surface area contributed by atoms with E-state index in [1.54, 1.807) is 19.1 Å². The van der Waals surface area contributed by atoms with Crippen molar-refractivity contribution in [3.8, 4) is 5.75 Å². The van der Waals surface area contributed by atoms with Crippen LogP contribution in [-0.2, 0) is 4.79 Å². The van der Waals surface area contributed by atoms with Gasteiger partial charge in [-0.25, -0.2) is 0 Å². The predicted molar refractivity (Wildman–Crippen MR) is 72.8 cm³/mol. The van der Waals surface area contributed by atoms with Gasteiger partial charge in [0.1, 0.15) is 5.75 Å². The van der Waals surface area contributed by atoms with Crippen molar-refractivity contribution >= 4 is 11.8 Å². The largest absolute Gasteiger partial charge is 0.508 e. The number of hydrogen-bond donors (Lipinski definition) is 2. The van der Waals surface area contributed by atoms with Crippen LogP contribution in [0.1, 0.15) is 35.7 Å². The minimum absolute atomic E-state index is 0.0846. The van der Waals surface area contributed by atoms with Crippen LogP contribution in [-0.4, -0.2) is 34.9 Å². The fraction of sp³-hybridized carbons (Fsp3) is 0.429.